The Hall–Kier alpha value is -2.28. The fourth-order valence-corrected chi connectivity index (χ4v) is 6.56. The molecule has 3 atom stereocenters. The van der Waals surface area contributed by atoms with Crippen molar-refractivity contribution >= 4 is 48.9 Å². The lowest BCUT2D eigenvalue weighted by Gasteiger charge is -2.38. The molecule has 2 N–H and O–H groups in total. The summed E-state index contributed by atoms with van der Waals surface area (Å²) in [7, 11) is -3.76. The maximum Gasteiger partial charge on any atom is 0.261 e. The summed E-state index contributed by atoms with van der Waals surface area (Å²) in [6.07, 6.45) is 5.35. The number of hydrogen-bond donors (Lipinski definition) is 2. The molecule has 32 heavy (non-hydrogen) atoms. The Kier molecular flexibility index (Phi) is 5.56. The number of sulfonamides is 1. The summed E-state index contributed by atoms with van der Waals surface area (Å²) in [6, 6.07) is 18.9. The first-order valence-corrected chi connectivity index (χ1v) is 13.1. The summed E-state index contributed by atoms with van der Waals surface area (Å²) in [5.74, 6) is 0.480. The molecule has 4 nitrogen and oxygen atoms in total. The van der Waals surface area contributed by atoms with Crippen molar-refractivity contribution in [1.82, 2.24) is 0 Å². The lowest BCUT2D eigenvalue weighted by molar-refractivity contribution is 0.424. The summed E-state index contributed by atoms with van der Waals surface area (Å²) < 4.78 is 30.1. The Morgan fingerprint density at radius 2 is 1.88 bits per heavy atom. The molecule has 1 aliphatic carbocycles. The number of hydrogen-bond acceptors (Lipinski definition) is 3. The predicted molar refractivity (Wildman–Crippen MR) is 134 cm³/mol. The van der Waals surface area contributed by atoms with Crippen LogP contribution in [0, 0.1) is 12.8 Å². The monoisotopic (exact) mass is 528 g/mol. The molecule has 1 aliphatic heterocycles. The third-order valence-electron chi connectivity index (χ3n) is 6.40. The maximum atomic E-state index is 13.2. The van der Waals surface area contributed by atoms with Crippen LogP contribution in [0.15, 0.2) is 82.2 Å². The first-order chi connectivity index (χ1) is 15.3. The highest BCUT2D eigenvalue weighted by Gasteiger charge is 2.39. The van der Waals surface area contributed by atoms with E-state index >= 15 is 0 Å². The standard InChI is InChI=1S/C25H22BrClN2O2S/c1-15-22(27)10-5-11-23(15)29-32(30,31)16-12-13-24-20(14-16)17-7-4-8-18(17)25(28-24)19-6-2-3-9-21(19)26/h2-7,9-14,17-18,25,28-29H,8H2,1H3/t17-,18-,25-/m1/s1. The molecule has 1 heterocycles. The van der Waals surface area contributed by atoms with E-state index in [1.807, 2.05) is 18.2 Å². The topological polar surface area (TPSA) is 58.2 Å². The summed E-state index contributed by atoms with van der Waals surface area (Å²) in [5.41, 5.74) is 4.38. The second-order valence-electron chi connectivity index (χ2n) is 8.26. The van der Waals surface area contributed by atoms with Crippen LogP contribution in [0.5, 0.6) is 0 Å². The van der Waals surface area contributed by atoms with E-state index in [-0.39, 0.29) is 16.9 Å². The smallest absolute Gasteiger partial charge is 0.261 e. The number of allylic oxidation sites excluding steroid dienone is 2. The van der Waals surface area contributed by atoms with E-state index in [4.69, 9.17) is 11.6 Å². The molecule has 2 aliphatic rings. The number of anilines is 2. The Bertz CT molecular complexity index is 1340. The minimum atomic E-state index is -3.76. The third kappa shape index (κ3) is 3.74. The van der Waals surface area contributed by atoms with Crippen LogP contribution in [-0.4, -0.2) is 8.42 Å². The van der Waals surface area contributed by atoms with Gasteiger partial charge in [-0.3, -0.25) is 4.72 Å². The Morgan fingerprint density at radius 1 is 1.06 bits per heavy atom. The second kappa shape index (κ2) is 8.25. The first kappa shape index (κ1) is 21.6. The molecule has 3 aromatic carbocycles. The van der Waals surface area contributed by atoms with Gasteiger partial charge in [-0.15, -0.1) is 0 Å². The molecular formula is C25H22BrClN2O2S. The van der Waals surface area contributed by atoms with Gasteiger partial charge in [0.25, 0.3) is 10.0 Å². The van der Waals surface area contributed by atoms with Crippen LogP contribution in [-0.2, 0) is 10.0 Å². The van der Waals surface area contributed by atoms with Gasteiger partial charge in [0, 0.05) is 21.1 Å². The minimum absolute atomic E-state index is 0.146. The van der Waals surface area contributed by atoms with Gasteiger partial charge in [0.1, 0.15) is 0 Å². The van der Waals surface area contributed by atoms with E-state index in [0.717, 1.165) is 22.1 Å². The van der Waals surface area contributed by atoms with Crippen molar-refractivity contribution in [2.45, 2.75) is 30.2 Å². The van der Waals surface area contributed by atoms with Gasteiger partial charge in [-0.1, -0.05) is 63.9 Å². The SMILES string of the molecule is Cc1c(Cl)cccc1NS(=O)(=O)c1ccc2c(c1)[C@@H]1C=CC[C@H]1[C@H](c1ccccc1Br)N2. The largest absolute Gasteiger partial charge is 0.378 e. The zero-order chi connectivity index (χ0) is 22.5. The van der Waals surface area contributed by atoms with Crippen molar-refractivity contribution in [3.63, 3.8) is 0 Å². The summed E-state index contributed by atoms with van der Waals surface area (Å²) >= 11 is 9.86. The highest BCUT2D eigenvalue weighted by molar-refractivity contribution is 9.10. The van der Waals surface area contributed by atoms with Crippen LogP contribution in [0.1, 0.15) is 35.1 Å². The predicted octanol–water partition coefficient (Wildman–Crippen LogP) is 7.04. The molecule has 0 bridgehead atoms. The molecule has 0 aromatic heterocycles. The van der Waals surface area contributed by atoms with Crippen molar-refractivity contribution in [3.8, 4) is 0 Å². The van der Waals surface area contributed by atoms with Crippen LogP contribution in [0.3, 0.4) is 0 Å². The zero-order valence-electron chi connectivity index (χ0n) is 17.3. The fourth-order valence-electron chi connectivity index (χ4n) is 4.70. The summed E-state index contributed by atoms with van der Waals surface area (Å²) in [6.45, 7) is 1.80. The maximum absolute atomic E-state index is 13.2. The number of halogens is 2. The van der Waals surface area contributed by atoms with Gasteiger partial charge >= 0.3 is 0 Å². The molecule has 0 fully saturated rings. The molecule has 7 heteroatoms. The van der Waals surface area contributed by atoms with Crippen LogP contribution < -0.4 is 10.0 Å². The summed E-state index contributed by atoms with van der Waals surface area (Å²) in [4.78, 5) is 0.246. The molecule has 5 rings (SSSR count). The van der Waals surface area contributed by atoms with E-state index in [1.165, 1.54) is 5.56 Å². The van der Waals surface area contributed by atoms with E-state index in [1.54, 1.807) is 37.3 Å². The van der Waals surface area contributed by atoms with Crippen molar-refractivity contribution in [2.24, 2.45) is 5.92 Å². The molecular weight excluding hydrogens is 508 g/mol. The zero-order valence-corrected chi connectivity index (χ0v) is 20.5. The lowest BCUT2D eigenvalue weighted by Crippen LogP contribution is -2.29. The van der Waals surface area contributed by atoms with Gasteiger partial charge in [0.05, 0.1) is 16.6 Å². The highest BCUT2D eigenvalue weighted by atomic mass is 79.9. The first-order valence-electron chi connectivity index (χ1n) is 10.4. The molecule has 0 amide bonds. The molecule has 0 unspecified atom stereocenters. The van der Waals surface area contributed by atoms with Gasteiger partial charge in [0.15, 0.2) is 0 Å². The Labute approximate surface area is 201 Å². The number of fused-ring (bicyclic) bond motifs is 3. The van der Waals surface area contributed by atoms with Crippen molar-refractivity contribution < 1.29 is 8.42 Å². The van der Waals surface area contributed by atoms with Gasteiger partial charge in [-0.25, -0.2) is 8.42 Å². The number of nitrogens with one attached hydrogen (secondary N) is 2. The second-order valence-corrected chi connectivity index (χ2v) is 11.2. The van der Waals surface area contributed by atoms with Gasteiger partial charge < -0.3 is 5.32 Å². The average molecular weight is 530 g/mol. The van der Waals surface area contributed by atoms with Crippen molar-refractivity contribution in [1.29, 1.82) is 0 Å². The minimum Gasteiger partial charge on any atom is -0.378 e. The van der Waals surface area contributed by atoms with Gasteiger partial charge in [-0.05, 0) is 72.4 Å². The molecule has 3 aromatic rings. The molecule has 0 radical (unpaired) electrons. The average Bonchev–Trinajstić information content (AvgIpc) is 3.27. The Morgan fingerprint density at radius 3 is 2.69 bits per heavy atom. The number of benzene rings is 3. The van der Waals surface area contributed by atoms with Crippen LogP contribution in [0.25, 0.3) is 0 Å². The van der Waals surface area contributed by atoms with Gasteiger partial charge in [0.2, 0.25) is 0 Å². The van der Waals surface area contributed by atoms with Crippen molar-refractivity contribution in [3.05, 3.63) is 99.0 Å². The fraction of sp³-hybridized carbons (Fsp3) is 0.200. The lowest BCUT2D eigenvalue weighted by atomic mass is 9.77. The van der Waals surface area contributed by atoms with Crippen LogP contribution in [0.4, 0.5) is 11.4 Å². The Balaban J connectivity index is 1.51. The van der Waals surface area contributed by atoms with E-state index in [9.17, 15) is 8.42 Å². The van der Waals surface area contributed by atoms with E-state index in [2.05, 4.69) is 50.3 Å². The van der Waals surface area contributed by atoms with Crippen LogP contribution >= 0.6 is 27.5 Å². The number of rotatable bonds is 4. The third-order valence-corrected chi connectivity index (χ3v) is 8.89. The normalized spacial score (nSPS) is 21.5. The molecule has 0 saturated heterocycles. The molecule has 0 saturated carbocycles. The van der Waals surface area contributed by atoms with Gasteiger partial charge in [-0.2, -0.15) is 0 Å². The van der Waals surface area contributed by atoms with E-state index in [0.29, 0.717) is 22.2 Å². The van der Waals surface area contributed by atoms with Crippen LogP contribution in [0.2, 0.25) is 5.02 Å². The molecule has 164 valence electrons. The quantitative estimate of drug-likeness (QED) is 0.356. The summed E-state index contributed by atoms with van der Waals surface area (Å²) in [5, 5.41) is 4.19. The van der Waals surface area contributed by atoms with Crippen molar-refractivity contribution in [2.75, 3.05) is 10.0 Å². The highest BCUT2D eigenvalue weighted by Crippen LogP contribution is 2.51. The molecule has 0 spiro atoms. The van der Waals surface area contributed by atoms with E-state index < -0.39 is 10.0 Å².